The van der Waals surface area contributed by atoms with Gasteiger partial charge in [0, 0.05) is 25.0 Å². The van der Waals surface area contributed by atoms with Gasteiger partial charge < -0.3 is 4.90 Å². The number of hydrogen-bond donors (Lipinski definition) is 0. The summed E-state index contributed by atoms with van der Waals surface area (Å²) in [6, 6.07) is 10.8. The summed E-state index contributed by atoms with van der Waals surface area (Å²) in [5.41, 5.74) is 1.17. The Balaban J connectivity index is 1.35. The van der Waals surface area contributed by atoms with Gasteiger partial charge in [0.15, 0.2) is 5.54 Å². The van der Waals surface area contributed by atoms with Gasteiger partial charge >= 0.3 is 0 Å². The van der Waals surface area contributed by atoms with E-state index in [9.17, 15) is 9.18 Å². The molecule has 170 valence electrons. The molecule has 4 rings (SSSR count). The molecule has 3 heterocycles. The number of amidine groups is 1. The van der Waals surface area contributed by atoms with E-state index in [1.165, 1.54) is 17.7 Å². The summed E-state index contributed by atoms with van der Waals surface area (Å²) < 4.78 is 13.4. The van der Waals surface area contributed by atoms with Crippen LogP contribution in [0.5, 0.6) is 0 Å². The average molecular weight is 437 g/mol. The highest BCUT2D eigenvalue weighted by atomic mass is 19.1. The molecule has 1 amide bonds. The van der Waals surface area contributed by atoms with Gasteiger partial charge in [0.05, 0.1) is 0 Å². The number of hydrogen-bond acceptors (Lipinski definition) is 4. The highest BCUT2D eigenvalue weighted by molar-refractivity contribution is 6.07. The van der Waals surface area contributed by atoms with Crippen molar-refractivity contribution >= 4 is 11.7 Å². The number of aromatic nitrogens is 1. The minimum Gasteiger partial charge on any atom is -0.301 e. The zero-order valence-electron chi connectivity index (χ0n) is 19.3. The Labute approximate surface area is 190 Å². The normalized spacial score (nSPS) is 23.4. The molecule has 2 aliphatic heterocycles. The van der Waals surface area contributed by atoms with Gasteiger partial charge in [-0.15, -0.1) is 0 Å². The van der Waals surface area contributed by atoms with Crippen LogP contribution < -0.4 is 0 Å². The molecule has 32 heavy (non-hydrogen) atoms. The van der Waals surface area contributed by atoms with Crippen LogP contribution in [0.3, 0.4) is 0 Å². The first kappa shape index (κ1) is 22.6. The molecule has 2 aromatic rings. The monoisotopic (exact) mass is 436 g/mol. The van der Waals surface area contributed by atoms with E-state index in [4.69, 9.17) is 4.99 Å². The first-order valence-corrected chi connectivity index (χ1v) is 11.7. The predicted octanol–water partition coefficient (Wildman–Crippen LogP) is 4.74. The van der Waals surface area contributed by atoms with Crippen molar-refractivity contribution in [2.24, 2.45) is 4.99 Å². The number of piperidine rings is 1. The number of amides is 1. The Morgan fingerprint density at radius 1 is 1.19 bits per heavy atom. The summed E-state index contributed by atoms with van der Waals surface area (Å²) in [4.78, 5) is 26.9. The number of aliphatic imine (C=N–C) groups is 1. The highest BCUT2D eigenvalue weighted by Gasteiger charge is 2.47. The number of rotatable bonds is 7. The fourth-order valence-corrected chi connectivity index (χ4v) is 5.16. The summed E-state index contributed by atoms with van der Waals surface area (Å²) >= 11 is 0. The molecule has 5 nitrogen and oxygen atoms in total. The lowest BCUT2D eigenvalue weighted by atomic mass is 9.87. The molecule has 0 spiro atoms. The fourth-order valence-electron chi connectivity index (χ4n) is 5.16. The second-order valence-corrected chi connectivity index (χ2v) is 9.07. The van der Waals surface area contributed by atoms with Gasteiger partial charge in [0.25, 0.3) is 5.91 Å². The van der Waals surface area contributed by atoms with Crippen LogP contribution in [0.1, 0.15) is 63.5 Å². The van der Waals surface area contributed by atoms with Crippen LogP contribution in [0.15, 0.2) is 53.8 Å². The van der Waals surface area contributed by atoms with E-state index in [1.807, 2.05) is 37.2 Å². The van der Waals surface area contributed by atoms with E-state index < -0.39 is 5.54 Å². The molecule has 2 atom stereocenters. The lowest BCUT2D eigenvalue weighted by Gasteiger charge is -2.37. The maximum atomic E-state index is 13.4. The largest absolute Gasteiger partial charge is 0.301 e. The summed E-state index contributed by atoms with van der Waals surface area (Å²) in [5, 5.41) is 0. The van der Waals surface area contributed by atoms with Crippen molar-refractivity contribution in [3.05, 3.63) is 65.7 Å². The molecule has 2 aliphatic rings. The van der Waals surface area contributed by atoms with Crippen LogP contribution in [0, 0.1) is 5.82 Å². The standard InChI is InChI=1S/C26H33FN4O/c1-4-26(23-7-9-24(27)10-8-23)25(32)31(20(3)29-26)17-11-19(2)30-15-12-21(13-16-30)22-6-5-14-28-18-22/h5-10,14,18-19,21H,4,11-13,15-17H2,1-3H3. The third-order valence-electron chi connectivity index (χ3n) is 7.25. The van der Waals surface area contributed by atoms with Gasteiger partial charge in [-0.05, 0) is 87.9 Å². The summed E-state index contributed by atoms with van der Waals surface area (Å²) in [5.74, 6) is 1.04. The Kier molecular flexibility index (Phi) is 6.70. The van der Waals surface area contributed by atoms with Gasteiger partial charge in [-0.3, -0.25) is 19.7 Å². The lowest BCUT2D eigenvalue weighted by molar-refractivity contribution is -0.131. The molecule has 6 heteroatoms. The molecule has 1 saturated heterocycles. The van der Waals surface area contributed by atoms with Crippen LogP contribution >= 0.6 is 0 Å². The zero-order valence-corrected chi connectivity index (χ0v) is 19.3. The Bertz CT molecular complexity index is 954. The van der Waals surface area contributed by atoms with E-state index in [-0.39, 0.29) is 11.7 Å². The van der Waals surface area contributed by atoms with E-state index in [0.717, 1.165) is 43.8 Å². The number of pyridine rings is 1. The number of benzene rings is 1. The smallest absolute Gasteiger partial charge is 0.260 e. The quantitative estimate of drug-likeness (QED) is 0.630. The lowest BCUT2D eigenvalue weighted by Crippen LogP contribution is -2.44. The highest BCUT2D eigenvalue weighted by Crippen LogP contribution is 2.37. The summed E-state index contributed by atoms with van der Waals surface area (Å²) in [6.07, 6.45) is 7.56. The number of likely N-dealkylation sites (tertiary alicyclic amines) is 1. The van der Waals surface area contributed by atoms with E-state index in [2.05, 4.69) is 22.9 Å². The van der Waals surface area contributed by atoms with Gasteiger partial charge in [-0.2, -0.15) is 0 Å². The van der Waals surface area contributed by atoms with Crippen LogP contribution in [0.4, 0.5) is 4.39 Å². The van der Waals surface area contributed by atoms with Crippen molar-refractivity contribution < 1.29 is 9.18 Å². The van der Waals surface area contributed by atoms with Crippen LogP contribution in [-0.2, 0) is 10.3 Å². The maximum Gasteiger partial charge on any atom is 0.260 e. The first-order chi connectivity index (χ1) is 15.4. The van der Waals surface area contributed by atoms with E-state index >= 15 is 0 Å². The first-order valence-electron chi connectivity index (χ1n) is 11.7. The number of halogens is 1. The van der Waals surface area contributed by atoms with Crippen molar-refractivity contribution in [3.8, 4) is 0 Å². The number of nitrogens with zero attached hydrogens (tertiary/aromatic N) is 4. The van der Waals surface area contributed by atoms with Crippen LogP contribution in [-0.4, -0.2) is 52.2 Å². The molecular formula is C26H33FN4O. The van der Waals surface area contributed by atoms with Crippen LogP contribution in [0.2, 0.25) is 0 Å². The second kappa shape index (κ2) is 9.49. The number of carbonyl (C=O) groups is 1. The zero-order chi connectivity index (χ0) is 22.7. The Hall–Kier alpha value is -2.60. The van der Waals surface area contributed by atoms with Crippen molar-refractivity contribution in [3.63, 3.8) is 0 Å². The van der Waals surface area contributed by atoms with Crippen molar-refractivity contribution in [2.75, 3.05) is 19.6 Å². The third kappa shape index (κ3) is 4.33. The van der Waals surface area contributed by atoms with Gasteiger partial charge in [-0.25, -0.2) is 4.39 Å². The minimum absolute atomic E-state index is 0.00611. The van der Waals surface area contributed by atoms with Gasteiger partial charge in [-0.1, -0.05) is 25.1 Å². The molecule has 1 fully saturated rings. The fraction of sp³-hybridized carbons (Fsp3) is 0.500. The minimum atomic E-state index is -0.927. The molecular weight excluding hydrogens is 403 g/mol. The average Bonchev–Trinajstić information content (AvgIpc) is 3.08. The van der Waals surface area contributed by atoms with E-state index in [0.29, 0.717) is 24.9 Å². The van der Waals surface area contributed by atoms with Gasteiger partial charge in [0.1, 0.15) is 11.7 Å². The predicted molar refractivity (Wildman–Crippen MR) is 125 cm³/mol. The molecule has 1 aromatic heterocycles. The number of carbonyl (C=O) groups excluding carboxylic acids is 1. The topological polar surface area (TPSA) is 48.8 Å². The van der Waals surface area contributed by atoms with Crippen molar-refractivity contribution in [1.29, 1.82) is 0 Å². The molecule has 0 radical (unpaired) electrons. The maximum absolute atomic E-state index is 13.4. The Morgan fingerprint density at radius 3 is 2.53 bits per heavy atom. The summed E-state index contributed by atoms with van der Waals surface area (Å²) in [7, 11) is 0. The van der Waals surface area contributed by atoms with Crippen molar-refractivity contribution in [2.45, 2.75) is 64.0 Å². The second-order valence-electron chi connectivity index (χ2n) is 9.07. The SMILES string of the molecule is CCC1(c2ccc(F)cc2)N=C(C)N(CCC(C)N2CCC(c3cccnc3)CC2)C1=O. The van der Waals surface area contributed by atoms with Gasteiger partial charge in [0.2, 0.25) is 0 Å². The molecule has 0 aliphatic carbocycles. The third-order valence-corrected chi connectivity index (χ3v) is 7.25. The molecule has 0 bridgehead atoms. The molecule has 0 saturated carbocycles. The van der Waals surface area contributed by atoms with E-state index in [1.54, 1.807) is 12.1 Å². The Morgan fingerprint density at radius 2 is 1.91 bits per heavy atom. The van der Waals surface area contributed by atoms with Crippen molar-refractivity contribution in [1.82, 2.24) is 14.8 Å². The van der Waals surface area contributed by atoms with Crippen LogP contribution in [0.25, 0.3) is 0 Å². The molecule has 2 unspecified atom stereocenters. The molecule has 0 N–H and O–H groups in total. The molecule has 1 aromatic carbocycles. The summed E-state index contributed by atoms with van der Waals surface area (Å²) in [6.45, 7) is 8.91.